The number of fused-ring (bicyclic) bond motifs is 1. The quantitative estimate of drug-likeness (QED) is 0.901. The molecule has 20 heavy (non-hydrogen) atoms. The number of hydrogen-bond acceptors (Lipinski definition) is 3. The van der Waals surface area contributed by atoms with Gasteiger partial charge in [0.2, 0.25) is 0 Å². The van der Waals surface area contributed by atoms with Crippen LogP contribution in [-0.4, -0.2) is 17.8 Å². The first-order valence-electron chi connectivity index (χ1n) is 6.99. The minimum atomic E-state index is 0.0295. The highest BCUT2D eigenvalue weighted by molar-refractivity contribution is 5.39. The van der Waals surface area contributed by atoms with E-state index in [2.05, 4.69) is 6.07 Å². The molecule has 0 saturated heterocycles. The predicted molar refractivity (Wildman–Crippen MR) is 79.1 cm³/mol. The van der Waals surface area contributed by atoms with Crippen molar-refractivity contribution in [3.05, 3.63) is 59.7 Å². The average molecular weight is 269 g/mol. The Hall–Kier alpha value is -2.00. The molecule has 104 valence electrons. The fourth-order valence-corrected chi connectivity index (χ4v) is 2.91. The average Bonchev–Trinajstić information content (AvgIpc) is 2.46. The van der Waals surface area contributed by atoms with Gasteiger partial charge in [0.25, 0.3) is 0 Å². The summed E-state index contributed by atoms with van der Waals surface area (Å²) in [4.78, 5) is 0. The van der Waals surface area contributed by atoms with Crippen molar-refractivity contribution in [1.82, 2.24) is 0 Å². The van der Waals surface area contributed by atoms with Gasteiger partial charge >= 0.3 is 0 Å². The lowest BCUT2D eigenvalue weighted by Gasteiger charge is -2.30. The van der Waals surface area contributed by atoms with Crippen molar-refractivity contribution in [1.29, 1.82) is 0 Å². The molecule has 3 heteroatoms. The molecule has 0 amide bonds. The molecule has 3 rings (SSSR count). The normalized spacial score (nSPS) is 18.9. The van der Waals surface area contributed by atoms with Gasteiger partial charge in [0.15, 0.2) is 0 Å². The maximum atomic E-state index is 9.53. The molecule has 1 aliphatic heterocycles. The van der Waals surface area contributed by atoms with Gasteiger partial charge in [0, 0.05) is 12.0 Å². The van der Waals surface area contributed by atoms with Gasteiger partial charge in [-0.05, 0) is 42.2 Å². The largest absolute Gasteiger partial charge is 0.508 e. The van der Waals surface area contributed by atoms with Gasteiger partial charge < -0.3 is 15.6 Å². The van der Waals surface area contributed by atoms with Crippen LogP contribution in [0.1, 0.15) is 23.5 Å². The molecular weight excluding hydrogens is 250 g/mol. The van der Waals surface area contributed by atoms with E-state index in [9.17, 15) is 5.11 Å². The number of para-hydroxylation sites is 1. The Bertz CT molecular complexity index is 597. The molecular formula is C17H19NO2. The van der Waals surface area contributed by atoms with Gasteiger partial charge in [-0.3, -0.25) is 0 Å². The fourth-order valence-electron chi connectivity index (χ4n) is 2.91. The molecule has 0 spiro atoms. The van der Waals surface area contributed by atoms with Crippen molar-refractivity contribution >= 4 is 0 Å². The van der Waals surface area contributed by atoms with E-state index in [4.69, 9.17) is 10.5 Å². The van der Waals surface area contributed by atoms with E-state index in [0.717, 1.165) is 30.8 Å². The van der Waals surface area contributed by atoms with Crippen LogP contribution < -0.4 is 10.5 Å². The third kappa shape index (κ3) is 2.63. The lowest BCUT2D eigenvalue weighted by molar-refractivity contribution is 0.254. The highest BCUT2D eigenvalue weighted by Gasteiger charge is 2.26. The van der Waals surface area contributed by atoms with E-state index in [1.54, 1.807) is 12.1 Å². The van der Waals surface area contributed by atoms with Crippen LogP contribution in [0.4, 0.5) is 0 Å². The fraction of sp³-hybridized carbons (Fsp3) is 0.294. The second kappa shape index (κ2) is 5.55. The third-order valence-electron chi connectivity index (χ3n) is 3.90. The molecule has 2 aromatic rings. The van der Waals surface area contributed by atoms with Crippen LogP contribution in [-0.2, 0) is 6.42 Å². The molecule has 0 bridgehead atoms. The zero-order valence-corrected chi connectivity index (χ0v) is 11.3. The first-order chi connectivity index (χ1) is 9.74. The first-order valence-corrected chi connectivity index (χ1v) is 6.99. The van der Waals surface area contributed by atoms with E-state index in [-0.39, 0.29) is 6.04 Å². The topological polar surface area (TPSA) is 55.5 Å². The number of aromatic hydroxyl groups is 1. The van der Waals surface area contributed by atoms with Crippen LogP contribution in [0.3, 0.4) is 0 Å². The second-order valence-electron chi connectivity index (χ2n) is 5.32. The molecule has 0 aromatic heterocycles. The Morgan fingerprint density at radius 2 is 2.05 bits per heavy atom. The minimum absolute atomic E-state index is 0.0295. The number of benzene rings is 2. The number of nitrogens with two attached hydrogens (primary N) is 1. The molecule has 0 fully saturated rings. The lowest BCUT2D eigenvalue weighted by Crippen LogP contribution is -2.34. The Kier molecular flexibility index (Phi) is 3.61. The van der Waals surface area contributed by atoms with Crippen LogP contribution >= 0.6 is 0 Å². The van der Waals surface area contributed by atoms with Gasteiger partial charge in [0.05, 0.1) is 6.61 Å². The van der Waals surface area contributed by atoms with Crippen molar-refractivity contribution in [3.63, 3.8) is 0 Å². The Labute approximate surface area is 119 Å². The zero-order valence-electron chi connectivity index (χ0n) is 11.3. The number of phenolic OH excluding ortho intramolecular Hbond substituents is 1. The maximum Gasteiger partial charge on any atom is 0.122 e. The summed E-state index contributed by atoms with van der Waals surface area (Å²) in [5.41, 5.74) is 8.68. The van der Waals surface area contributed by atoms with E-state index >= 15 is 0 Å². The number of ether oxygens (including phenoxy) is 1. The van der Waals surface area contributed by atoms with Crippen molar-refractivity contribution in [3.8, 4) is 11.5 Å². The number of rotatable bonds is 3. The Morgan fingerprint density at radius 3 is 2.90 bits per heavy atom. The predicted octanol–water partition coefficient (Wildman–Crippen LogP) is 2.83. The van der Waals surface area contributed by atoms with Crippen molar-refractivity contribution in [2.24, 2.45) is 5.73 Å². The molecule has 3 N–H and O–H groups in total. The SMILES string of the molecule is NC(Cc1cccc(O)c1)C1CCOc2ccccc21. The first kappa shape index (κ1) is 13.0. The van der Waals surface area contributed by atoms with E-state index in [1.807, 2.05) is 30.3 Å². The summed E-state index contributed by atoms with van der Waals surface area (Å²) in [6.07, 6.45) is 1.70. The standard InChI is InChI=1S/C17H19NO2/c18-16(11-12-4-3-5-13(19)10-12)14-8-9-20-17-7-2-1-6-15(14)17/h1-7,10,14,16,19H,8-9,11,18H2. The molecule has 2 unspecified atom stereocenters. The van der Waals surface area contributed by atoms with Gasteiger partial charge in [0.1, 0.15) is 11.5 Å². The summed E-state index contributed by atoms with van der Waals surface area (Å²) < 4.78 is 5.68. The zero-order chi connectivity index (χ0) is 13.9. The van der Waals surface area contributed by atoms with Crippen molar-refractivity contribution < 1.29 is 9.84 Å². The van der Waals surface area contributed by atoms with Gasteiger partial charge in [-0.15, -0.1) is 0 Å². The van der Waals surface area contributed by atoms with Gasteiger partial charge in [-0.1, -0.05) is 30.3 Å². The van der Waals surface area contributed by atoms with Gasteiger partial charge in [-0.2, -0.15) is 0 Å². The molecule has 2 aromatic carbocycles. The molecule has 2 atom stereocenters. The molecule has 0 radical (unpaired) electrons. The molecule has 3 nitrogen and oxygen atoms in total. The number of hydrogen-bond donors (Lipinski definition) is 2. The Morgan fingerprint density at radius 1 is 1.20 bits per heavy atom. The van der Waals surface area contributed by atoms with Crippen LogP contribution in [0.2, 0.25) is 0 Å². The smallest absolute Gasteiger partial charge is 0.122 e. The van der Waals surface area contributed by atoms with E-state index in [0.29, 0.717) is 11.7 Å². The van der Waals surface area contributed by atoms with Crippen LogP contribution in [0.25, 0.3) is 0 Å². The van der Waals surface area contributed by atoms with Crippen LogP contribution in [0, 0.1) is 0 Å². The molecule has 0 saturated carbocycles. The third-order valence-corrected chi connectivity index (χ3v) is 3.90. The highest BCUT2D eigenvalue weighted by atomic mass is 16.5. The maximum absolute atomic E-state index is 9.53. The van der Waals surface area contributed by atoms with Crippen LogP contribution in [0.15, 0.2) is 48.5 Å². The molecule has 1 heterocycles. The summed E-state index contributed by atoms with van der Waals surface area (Å²) in [5.74, 6) is 1.56. The summed E-state index contributed by atoms with van der Waals surface area (Å²) in [6, 6.07) is 15.5. The van der Waals surface area contributed by atoms with Gasteiger partial charge in [-0.25, -0.2) is 0 Å². The van der Waals surface area contributed by atoms with Crippen molar-refractivity contribution in [2.45, 2.75) is 24.8 Å². The summed E-state index contributed by atoms with van der Waals surface area (Å²) in [7, 11) is 0. The lowest BCUT2D eigenvalue weighted by atomic mass is 9.84. The van der Waals surface area contributed by atoms with Crippen LogP contribution in [0.5, 0.6) is 11.5 Å². The summed E-state index contributed by atoms with van der Waals surface area (Å²) >= 11 is 0. The molecule has 0 aliphatic carbocycles. The molecule has 1 aliphatic rings. The Balaban J connectivity index is 1.80. The summed E-state index contributed by atoms with van der Waals surface area (Å²) in [6.45, 7) is 0.718. The monoisotopic (exact) mass is 269 g/mol. The van der Waals surface area contributed by atoms with E-state index in [1.165, 1.54) is 5.56 Å². The number of phenols is 1. The highest BCUT2D eigenvalue weighted by Crippen LogP contribution is 2.35. The van der Waals surface area contributed by atoms with E-state index < -0.39 is 0 Å². The second-order valence-corrected chi connectivity index (χ2v) is 5.32. The van der Waals surface area contributed by atoms with Crippen molar-refractivity contribution in [2.75, 3.05) is 6.61 Å². The summed E-state index contributed by atoms with van der Waals surface area (Å²) in [5, 5.41) is 9.53. The minimum Gasteiger partial charge on any atom is -0.508 e.